The van der Waals surface area contributed by atoms with Gasteiger partial charge in [0.05, 0.1) is 34.7 Å². The topological polar surface area (TPSA) is 104 Å². The lowest BCUT2D eigenvalue weighted by Gasteiger charge is -2.40. The van der Waals surface area contributed by atoms with Crippen LogP contribution in [0.1, 0.15) is 65.1 Å². The van der Waals surface area contributed by atoms with Crippen molar-refractivity contribution >= 4 is 19.6 Å². The van der Waals surface area contributed by atoms with E-state index in [2.05, 4.69) is 31.1 Å². The molecule has 0 bridgehead atoms. The molecule has 3 N–H and O–H groups in total. The zero-order valence-electron chi connectivity index (χ0n) is 20.5. The van der Waals surface area contributed by atoms with Crippen LogP contribution in [0.5, 0.6) is 11.5 Å². The van der Waals surface area contributed by atoms with Crippen molar-refractivity contribution in [3.63, 3.8) is 0 Å². The first-order chi connectivity index (χ1) is 15.6. The minimum atomic E-state index is -1.82. The number of aromatic hydroxyl groups is 2. The molecule has 4 rings (SSSR count). The van der Waals surface area contributed by atoms with Crippen molar-refractivity contribution < 1.29 is 29.6 Å². The van der Waals surface area contributed by atoms with Crippen molar-refractivity contribution in [3.8, 4) is 23.0 Å². The van der Waals surface area contributed by atoms with E-state index in [0.29, 0.717) is 0 Å². The highest BCUT2D eigenvalue weighted by atomic mass is 28.3. The first kappa shape index (κ1) is 24.5. The molecular formula is C27H32O6Si. The predicted octanol–water partition coefficient (Wildman–Crippen LogP) is 4.25. The number of phenols is 2. The third-order valence-electron chi connectivity index (χ3n) is 6.30. The fourth-order valence-electron chi connectivity index (χ4n) is 4.94. The van der Waals surface area contributed by atoms with Crippen LogP contribution in [0.2, 0.25) is 19.6 Å². The normalized spacial score (nSPS) is 28.0. The Hall–Kier alpha value is -2.66. The van der Waals surface area contributed by atoms with Gasteiger partial charge in [-0.2, -0.15) is 0 Å². The first-order valence-electron chi connectivity index (χ1n) is 11.6. The van der Waals surface area contributed by atoms with Crippen LogP contribution in [0.25, 0.3) is 0 Å². The molecule has 0 radical (unpaired) electrons. The number of fused-ring (bicyclic) bond motifs is 3. The maximum absolute atomic E-state index is 13.4. The number of carbonyl (C=O) groups is 2. The van der Waals surface area contributed by atoms with Gasteiger partial charge in [-0.3, -0.25) is 9.59 Å². The summed E-state index contributed by atoms with van der Waals surface area (Å²) in [5, 5.41) is 34.2. The van der Waals surface area contributed by atoms with E-state index in [1.54, 1.807) is 24.3 Å². The van der Waals surface area contributed by atoms with Gasteiger partial charge in [0.15, 0.2) is 11.6 Å². The van der Waals surface area contributed by atoms with Crippen molar-refractivity contribution in [3.05, 3.63) is 46.6 Å². The molecule has 0 spiro atoms. The Morgan fingerprint density at radius 2 is 1.53 bits per heavy atom. The molecule has 1 aromatic rings. The van der Waals surface area contributed by atoms with Crippen molar-refractivity contribution in [2.24, 2.45) is 11.8 Å². The molecule has 1 aromatic carbocycles. The summed E-state index contributed by atoms with van der Waals surface area (Å²) in [4.78, 5) is 26.7. The zero-order valence-corrected chi connectivity index (χ0v) is 21.5. The van der Waals surface area contributed by atoms with Crippen LogP contribution in [0.3, 0.4) is 0 Å². The lowest BCUT2D eigenvalue weighted by atomic mass is 9.68. The van der Waals surface area contributed by atoms with Gasteiger partial charge in [0.25, 0.3) is 0 Å². The minimum Gasteiger partial charge on any atom is -0.507 e. The van der Waals surface area contributed by atoms with E-state index >= 15 is 0 Å². The van der Waals surface area contributed by atoms with Gasteiger partial charge in [-0.1, -0.05) is 49.9 Å². The van der Waals surface area contributed by atoms with Gasteiger partial charge in [0.2, 0.25) is 0 Å². The Balaban J connectivity index is 1.96. The molecule has 4 atom stereocenters. The standard InChI is InChI=1S/C27H32O6Si/c1-26(2,3)33-18-14-27(32,11-12-34(4,5)6)13-17-19(18)25(31)21-20(24(17)30)22(28)15-9-7-8-10-16(15)23(21)29/h7-10,15-16,18,30-32H,13-14H2,1-6H3. The molecule has 0 saturated heterocycles. The number of rotatable bonds is 1. The third-order valence-corrected chi connectivity index (χ3v) is 7.18. The highest BCUT2D eigenvalue weighted by Crippen LogP contribution is 2.52. The molecule has 180 valence electrons. The van der Waals surface area contributed by atoms with Crippen LogP contribution in [-0.2, 0) is 11.2 Å². The zero-order chi connectivity index (χ0) is 25.2. The number of hydrogen-bond acceptors (Lipinski definition) is 6. The molecule has 0 fully saturated rings. The number of benzene rings is 1. The van der Waals surface area contributed by atoms with Crippen molar-refractivity contribution in [2.75, 3.05) is 0 Å². The smallest absolute Gasteiger partial charge is 0.175 e. The Kier molecular flexibility index (Phi) is 5.71. The Morgan fingerprint density at radius 1 is 1.00 bits per heavy atom. The van der Waals surface area contributed by atoms with Gasteiger partial charge in [0.1, 0.15) is 25.2 Å². The lowest BCUT2D eigenvalue weighted by molar-refractivity contribution is -0.0956. The Bertz CT molecular complexity index is 1200. The maximum Gasteiger partial charge on any atom is 0.175 e. The van der Waals surface area contributed by atoms with Crippen LogP contribution >= 0.6 is 0 Å². The molecular weight excluding hydrogens is 448 g/mol. The predicted molar refractivity (Wildman–Crippen MR) is 132 cm³/mol. The lowest BCUT2D eigenvalue weighted by Crippen LogP contribution is -2.41. The van der Waals surface area contributed by atoms with Gasteiger partial charge < -0.3 is 20.1 Å². The number of carbonyl (C=O) groups excluding carboxylic acids is 2. The number of ether oxygens (including phenoxy) is 1. The highest BCUT2D eigenvalue weighted by molar-refractivity contribution is 6.83. The van der Waals surface area contributed by atoms with E-state index < -0.39 is 48.8 Å². The molecule has 0 heterocycles. The monoisotopic (exact) mass is 480 g/mol. The van der Waals surface area contributed by atoms with Crippen molar-refractivity contribution in [2.45, 2.75) is 70.6 Å². The number of aliphatic hydroxyl groups is 1. The average molecular weight is 481 g/mol. The minimum absolute atomic E-state index is 0.0668. The molecule has 0 aliphatic heterocycles. The van der Waals surface area contributed by atoms with E-state index in [-0.39, 0.29) is 46.6 Å². The van der Waals surface area contributed by atoms with Crippen LogP contribution in [0.15, 0.2) is 24.3 Å². The summed E-state index contributed by atoms with van der Waals surface area (Å²) >= 11 is 0. The number of allylic oxidation sites excluding steroid dienone is 4. The molecule has 34 heavy (non-hydrogen) atoms. The van der Waals surface area contributed by atoms with Crippen LogP contribution < -0.4 is 0 Å². The van der Waals surface area contributed by atoms with Gasteiger partial charge in [0, 0.05) is 24.0 Å². The molecule has 7 heteroatoms. The summed E-state index contributed by atoms with van der Waals surface area (Å²) in [6, 6.07) is 0. The summed E-state index contributed by atoms with van der Waals surface area (Å²) in [6.45, 7) is 11.7. The van der Waals surface area contributed by atoms with Gasteiger partial charge >= 0.3 is 0 Å². The summed E-state index contributed by atoms with van der Waals surface area (Å²) in [5.74, 6) is -0.0108. The molecule has 0 saturated carbocycles. The van der Waals surface area contributed by atoms with E-state index in [0.717, 1.165) is 0 Å². The van der Waals surface area contributed by atoms with E-state index in [4.69, 9.17) is 4.74 Å². The van der Waals surface area contributed by atoms with Crippen LogP contribution in [-0.4, -0.2) is 46.2 Å². The van der Waals surface area contributed by atoms with Crippen molar-refractivity contribution in [1.82, 2.24) is 0 Å². The van der Waals surface area contributed by atoms with Gasteiger partial charge in [-0.25, -0.2) is 0 Å². The Labute approximate surface area is 201 Å². The van der Waals surface area contributed by atoms with Gasteiger partial charge in [-0.15, -0.1) is 5.54 Å². The molecule has 0 amide bonds. The number of hydrogen-bond donors (Lipinski definition) is 3. The summed E-state index contributed by atoms with van der Waals surface area (Å²) in [7, 11) is -1.82. The van der Waals surface area contributed by atoms with E-state index in [1.165, 1.54) is 0 Å². The number of ketones is 2. The molecule has 6 nitrogen and oxygen atoms in total. The number of phenolic OH excluding ortho intramolecular Hbond substituents is 2. The molecule has 3 aliphatic carbocycles. The average Bonchev–Trinajstić information content (AvgIpc) is 2.71. The maximum atomic E-state index is 13.4. The molecule has 4 unspecified atom stereocenters. The van der Waals surface area contributed by atoms with E-state index in [1.807, 2.05) is 20.8 Å². The molecule has 3 aliphatic rings. The summed E-state index contributed by atoms with van der Waals surface area (Å²) in [6.07, 6.45) is 5.85. The van der Waals surface area contributed by atoms with Crippen LogP contribution in [0, 0.1) is 23.3 Å². The first-order valence-corrected chi connectivity index (χ1v) is 15.1. The van der Waals surface area contributed by atoms with Gasteiger partial charge in [-0.05, 0) is 20.8 Å². The second kappa shape index (κ2) is 7.94. The summed E-state index contributed by atoms with van der Waals surface area (Å²) < 4.78 is 6.22. The third kappa shape index (κ3) is 4.26. The van der Waals surface area contributed by atoms with Crippen LogP contribution in [0.4, 0.5) is 0 Å². The second-order valence-electron chi connectivity index (χ2n) is 11.5. The van der Waals surface area contributed by atoms with E-state index in [9.17, 15) is 24.9 Å². The number of Topliss-reactive ketones (excluding diaryl/α,β-unsaturated/α-hetero) is 2. The highest BCUT2D eigenvalue weighted by Gasteiger charge is 2.49. The second-order valence-corrected chi connectivity index (χ2v) is 16.3. The largest absolute Gasteiger partial charge is 0.507 e. The summed E-state index contributed by atoms with van der Waals surface area (Å²) in [5.41, 5.74) is 1.15. The fourth-order valence-corrected chi connectivity index (χ4v) is 5.55. The fraction of sp³-hybridized carbons (Fsp3) is 0.481. The Morgan fingerprint density at radius 3 is 2.03 bits per heavy atom. The van der Waals surface area contributed by atoms with Crippen molar-refractivity contribution in [1.29, 1.82) is 0 Å². The molecule has 0 aromatic heterocycles. The SMILES string of the molecule is CC(C)(C)OC1CC(O)(C#C[Si](C)(C)C)Cc2c(O)c3c(c(O)c21)C(=O)C1C=CC=CC1C3=O. The quantitative estimate of drug-likeness (QED) is 0.315.